The number of nitrogens with one attached hydrogen (secondary N) is 1. The number of halogens is 1. The molecule has 4 rings (SSSR count). The molecule has 0 aliphatic carbocycles. The highest BCUT2D eigenvalue weighted by Crippen LogP contribution is 2.42. The number of aliphatic carboxylic acids is 1. The third kappa shape index (κ3) is 7.16. The van der Waals surface area contributed by atoms with Crippen LogP contribution in [0.25, 0.3) is 28.3 Å². The number of carbonyl (C=O) groups is 2. The summed E-state index contributed by atoms with van der Waals surface area (Å²) in [7, 11) is 0. The minimum atomic E-state index is -1.23. The van der Waals surface area contributed by atoms with E-state index < -0.39 is 30.4 Å². The number of para-hydroxylation sites is 1. The van der Waals surface area contributed by atoms with Crippen molar-refractivity contribution in [2.75, 3.05) is 5.32 Å². The van der Waals surface area contributed by atoms with Crippen molar-refractivity contribution in [2.45, 2.75) is 44.9 Å². The molecule has 3 aromatic carbocycles. The Morgan fingerprint density at radius 3 is 2.05 bits per heavy atom. The Morgan fingerprint density at radius 2 is 1.46 bits per heavy atom. The minimum absolute atomic E-state index is 0.177. The van der Waals surface area contributed by atoms with Crippen LogP contribution in [-0.2, 0) is 4.79 Å². The summed E-state index contributed by atoms with van der Waals surface area (Å²) in [5, 5.41) is 32.6. The van der Waals surface area contributed by atoms with Gasteiger partial charge in [0.25, 0.3) is 5.91 Å². The number of anilines is 1. The molecule has 212 valence electrons. The van der Waals surface area contributed by atoms with E-state index in [-0.39, 0.29) is 18.4 Å². The second-order valence-electron chi connectivity index (χ2n) is 10.1. The number of rotatable bonds is 11. The Kier molecular flexibility index (Phi) is 9.49. The van der Waals surface area contributed by atoms with E-state index in [9.17, 15) is 24.2 Å². The smallest absolute Gasteiger partial charge is 0.305 e. The second-order valence-corrected chi connectivity index (χ2v) is 10.1. The van der Waals surface area contributed by atoms with Gasteiger partial charge in [-0.05, 0) is 55.3 Å². The molecule has 7 nitrogen and oxygen atoms in total. The van der Waals surface area contributed by atoms with Gasteiger partial charge in [0.1, 0.15) is 11.5 Å². The zero-order chi connectivity index (χ0) is 29.5. The van der Waals surface area contributed by atoms with E-state index in [0.29, 0.717) is 33.8 Å². The van der Waals surface area contributed by atoms with E-state index in [1.54, 1.807) is 30.3 Å². The predicted octanol–water partition coefficient (Wildman–Crippen LogP) is 6.39. The Morgan fingerprint density at radius 1 is 0.878 bits per heavy atom. The third-order valence-corrected chi connectivity index (χ3v) is 6.60. The van der Waals surface area contributed by atoms with Crippen LogP contribution in [0.1, 0.15) is 48.9 Å². The van der Waals surface area contributed by atoms with Crippen LogP contribution in [0.15, 0.2) is 91.0 Å². The Hall–Kier alpha value is -4.53. The van der Waals surface area contributed by atoms with Crippen molar-refractivity contribution in [3.05, 3.63) is 108 Å². The molecule has 41 heavy (non-hydrogen) atoms. The van der Waals surface area contributed by atoms with Crippen molar-refractivity contribution >= 4 is 23.6 Å². The van der Waals surface area contributed by atoms with Gasteiger partial charge in [0, 0.05) is 35.0 Å². The summed E-state index contributed by atoms with van der Waals surface area (Å²) >= 11 is 0. The molecule has 0 aliphatic rings. The van der Waals surface area contributed by atoms with Crippen LogP contribution in [0.3, 0.4) is 0 Å². The van der Waals surface area contributed by atoms with Crippen LogP contribution >= 0.6 is 0 Å². The maximum Gasteiger partial charge on any atom is 0.305 e. The van der Waals surface area contributed by atoms with Crippen LogP contribution in [0.4, 0.5) is 10.1 Å². The minimum Gasteiger partial charge on any atom is -0.481 e. The van der Waals surface area contributed by atoms with Gasteiger partial charge in [0.2, 0.25) is 0 Å². The first-order valence-electron chi connectivity index (χ1n) is 13.4. The summed E-state index contributed by atoms with van der Waals surface area (Å²) < 4.78 is 15.9. The molecule has 0 fully saturated rings. The van der Waals surface area contributed by atoms with Gasteiger partial charge in [-0.1, -0.05) is 66.7 Å². The summed E-state index contributed by atoms with van der Waals surface area (Å²) in [5.74, 6) is -1.91. The van der Waals surface area contributed by atoms with Gasteiger partial charge in [0.15, 0.2) is 0 Å². The first-order valence-corrected chi connectivity index (χ1v) is 13.4. The molecule has 4 N–H and O–H groups in total. The average Bonchev–Trinajstić information content (AvgIpc) is 3.28. The fourth-order valence-corrected chi connectivity index (χ4v) is 4.88. The van der Waals surface area contributed by atoms with Crippen molar-refractivity contribution in [2.24, 2.45) is 0 Å². The van der Waals surface area contributed by atoms with E-state index in [0.717, 1.165) is 5.56 Å². The van der Waals surface area contributed by atoms with E-state index in [1.165, 1.54) is 18.2 Å². The summed E-state index contributed by atoms with van der Waals surface area (Å²) in [6.07, 6.45) is 0.0955. The van der Waals surface area contributed by atoms with Gasteiger partial charge >= 0.3 is 5.97 Å². The lowest BCUT2D eigenvalue weighted by Gasteiger charge is -2.17. The van der Waals surface area contributed by atoms with Crippen molar-refractivity contribution in [3.63, 3.8) is 0 Å². The van der Waals surface area contributed by atoms with Gasteiger partial charge in [-0.15, -0.1) is 0 Å². The number of aromatic nitrogens is 1. The molecule has 0 unspecified atom stereocenters. The second kappa shape index (κ2) is 13.2. The summed E-state index contributed by atoms with van der Waals surface area (Å²) in [5.41, 5.74) is 4.34. The molecule has 0 aliphatic heterocycles. The lowest BCUT2D eigenvalue weighted by Crippen LogP contribution is -2.20. The number of benzene rings is 3. The van der Waals surface area contributed by atoms with Crippen LogP contribution in [-0.4, -0.2) is 44.0 Å². The van der Waals surface area contributed by atoms with Crippen LogP contribution in [0, 0.1) is 5.82 Å². The number of carbonyl (C=O) groups excluding carboxylic acids is 1. The number of hydrogen-bond acceptors (Lipinski definition) is 4. The Bertz CT molecular complexity index is 1510. The zero-order valence-electron chi connectivity index (χ0n) is 22.9. The largest absolute Gasteiger partial charge is 0.481 e. The number of amides is 1. The summed E-state index contributed by atoms with van der Waals surface area (Å²) in [4.78, 5) is 25.0. The fourth-order valence-electron chi connectivity index (χ4n) is 4.88. The first-order chi connectivity index (χ1) is 19.7. The SMILES string of the molecule is CC(C)n1c(C=C[C@H](O)C[C@@H](O)CC(=O)O)c(-c2ccc(F)cc2)c(-c2ccccc2)c1C(=O)Nc1ccccc1. The number of aliphatic hydroxyl groups excluding tert-OH is 2. The maximum absolute atomic E-state index is 14.0. The molecular weight excluding hydrogens is 523 g/mol. The number of nitrogens with zero attached hydrogens (tertiary/aromatic N) is 1. The lowest BCUT2D eigenvalue weighted by atomic mass is 9.94. The molecule has 0 radical (unpaired) electrons. The highest BCUT2D eigenvalue weighted by molar-refractivity contribution is 6.11. The van der Waals surface area contributed by atoms with Gasteiger partial charge in [-0.3, -0.25) is 9.59 Å². The van der Waals surface area contributed by atoms with E-state index in [2.05, 4.69) is 5.32 Å². The fraction of sp³-hybridized carbons (Fsp3) is 0.212. The normalized spacial score (nSPS) is 12.9. The third-order valence-electron chi connectivity index (χ3n) is 6.60. The first kappa shape index (κ1) is 29.5. The molecule has 0 bridgehead atoms. The molecule has 1 heterocycles. The lowest BCUT2D eigenvalue weighted by molar-refractivity contribution is -0.139. The topological polar surface area (TPSA) is 112 Å². The highest BCUT2D eigenvalue weighted by atomic mass is 19.1. The van der Waals surface area contributed by atoms with Gasteiger partial charge in [0.05, 0.1) is 18.6 Å². The number of hydrogen-bond donors (Lipinski definition) is 4. The molecular formula is C33H33FN2O5. The van der Waals surface area contributed by atoms with Gasteiger partial charge in [-0.25, -0.2) is 4.39 Å². The average molecular weight is 557 g/mol. The molecule has 0 spiro atoms. The van der Waals surface area contributed by atoms with E-state index in [4.69, 9.17) is 5.11 Å². The van der Waals surface area contributed by atoms with E-state index >= 15 is 0 Å². The Labute approximate surface area is 238 Å². The highest BCUT2D eigenvalue weighted by Gasteiger charge is 2.29. The van der Waals surface area contributed by atoms with Crippen LogP contribution < -0.4 is 5.32 Å². The molecule has 4 aromatic rings. The Balaban J connectivity index is 1.96. The van der Waals surface area contributed by atoms with Gasteiger partial charge < -0.3 is 25.2 Å². The molecule has 1 aromatic heterocycles. The maximum atomic E-state index is 14.0. The monoisotopic (exact) mass is 556 g/mol. The van der Waals surface area contributed by atoms with Crippen molar-refractivity contribution in [1.82, 2.24) is 4.57 Å². The van der Waals surface area contributed by atoms with Crippen LogP contribution in [0.2, 0.25) is 0 Å². The summed E-state index contributed by atoms with van der Waals surface area (Å²) in [6.45, 7) is 3.87. The van der Waals surface area contributed by atoms with Crippen LogP contribution in [0.5, 0.6) is 0 Å². The molecule has 2 atom stereocenters. The number of carboxylic acid groups (broad SMARTS) is 1. The predicted molar refractivity (Wildman–Crippen MR) is 158 cm³/mol. The molecule has 1 amide bonds. The zero-order valence-corrected chi connectivity index (χ0v) is 22.9. The van der Waals surface area contributed by atoms with E-state index in [1.807, 2.05) is 66.9 Å². The number of carboxylic acids is 1. The van der Waals surface area contributed by atoms with Crippen molar-refractivity contribution < 1.29 is 29.3 Å². The molecule has 8 heteroatoms. The quantitative estimate of drug-likeness (QED) is 0.171. The standard InChI is InChI=1S/C33H33FN2O5/c1-21(2)36-28(18-17-26(37)19-27(38)20-29(39)40)30(23-13-15-24(34)16-14-23)31(22-9-5-3-6-10-22)32(36)33(41)35-25-11-7-4-8-12-25/h3-18,21,26-27,37-38H,19-20H2,1-2H3,(H,35,41)(H,39,40)/t26-,27+/m0/s1. The van der Waals surface area contributed by atoms with Crippen molar-refractivity contribution in [3.8, 4) is 22.3 Å². The molecule has 0 saturated carbocycles. The van der Waals surface area contributed by atoms with Gasteiger partial charge in [-0.2, -0.15) is 0 Å². The summed E-state index contributed by atoms with van der Waals surface area (Å²) in [6, 6.07) is 24.3. The molecule has 0 saturated heterocycles. The van der Waals surface area contributed by atoms with Crippen molar-refractivity contribution in [1.29, 1.82) is 0 Å². The number of aliphatic hydroxyl groups is 2.